The summed E-state index contributed by atoms with van der Waals surface area (Å²) in [5.74, 6) is -0.372. The maximum Gasteiger partial charge on any atom is 0.313 e. The Morgan fingerprint density at radius 1 is 1.29 bits per heavy atom. The number of amides is 1. The largest absolute Gasteiger partial charge is 0.350 e. The van der Waals surface area contributed by atoms with Gasteiger partial charge in [-0.25, -0.2) is 10.3 Å². The summed E-state index contributed by atoms with van der Waals surface area (Å²) in [6.45, 7) is 0.654. The molecule has 0 bridgehead atoms. The Labute approximate surface area is 122 Å². The first kappa shape index (κ1) is 13.8. The molecule has 0 spiro atoms. The normalized spacial score (nSPS) is 18.4. The minimum atomic E-state index is -0.473. The third-order valence-electron chi connectivity index (χ3n) is 3.22. The zero-order valence-electron chi connectivity index (χ0n) is 11.5. The quantitative estimate of drug-likeness (QED) is 0.875. The Bertz CT molecular complexity index is 591. The van der Waals surface area contributed by atoms with Crippen LogP contribution in [0, 0.1) is 0 Å². The molecule has 6 heteroatoms. The second-order valence-electron chi connectivity index (χ2n) is 4.79. The Morgan fingerprint density at radius 3 is 2.90 bits per heavy atom. The molecule has 2 aromatic rings. The van der Waals surface area contributed by atoms with E-state index in [1.807, 2.05) is 30.3 Å². The van der Waals surface area contributed by atoms with Crippen LogP contribution in [-0.2, 0) is 9.57 Å². The van der Waals surface area contributed by atoms with E-state index in [2.05, 4.69) is 10.6 Å². The molecule has 0 saturated carbocycles. The Morgan fingerprint density at radius 2 is 2.14 bits per heavy atom. The number of carbonyl (C=O) groups is 1. The number of nitrogens with one attached hydrogen (secondary N) is 1. The topological polar surface area (TPSA) is 73.6 Å². The molecule has 1 aliphatic rings. The van der Waals surface area contributed by atoms with Crippen molar-refractivity contribution in [2.24, 2.45) is 0 Å². The Hall–Kier alpha value is -2.18. The predicted molar refractivity (Wildman–Crippen MR) is 74.1 cm³/mol. The van der Waals surface area contributed by atoms with Gasteiger partial charge in [-0.3, -0.25) is 4.79 Å². The van der Waals surface area contributed by atoms with Gasteiger partial charge in [-0.05, 0) is 12.8 Å². The van der Waals surface area contributed by atoms with Gasteiger partial charge >= 0.3 is 5.91 Å². The van der Waals surface area contributed by atoms with Crippen molar-refractivity contribution in [3.63, 3.8) is 0 Å². The minimum absolute atomic E-state index is 0.102. The maximum atomic E-state index is 11.9. The van der Waals surface area contributed by atoms with Crippen molar-refractivity contribution >= 4 is 5.91 Å². The molecular weight excluding hydrogens is 272 g/mol. The molecule has 0 unspecified atom stereocenters. The molecule has 1 aromatic carbocycles. The summed E-state index contributed by atoms with van der Waals surface area (Å²) in [4.78, 5) is 17.1. The fourth-order valence-corrected chi connectivity index (χ4v) is 2.10. The third-order valence-corrected chi connectivity index (χ3v) is 3.22. The van der Waals surface area contributed by atoms with Crippen molar-refractivity contribution in [2.45, 2.75) is 25.6 Å². The predicted octanol–water partition coefficient (Wildman–Crippen LogP) is 2.53. The van der Waals surface area contributed by atoms with Crippen molar-refractivity contribution in [1.82, 2.24) is 10.6 Å². The van der Waals surface area contributed by atoms with E-state index in [-0.39, 0.29) is 12.1 Å². The van der Waals surface area contributed by atoms with E-state index < -0.39 is 5.91 Å². The molecule has 21 heavy (non-hydrogen) atoms. The average Bonchev–Trinajstić information content (AvgIpc) is 3.04. The molecule has 1 amide bonds. The van der Waals surface area contributed by atoms with Crippen molar-refractivity contribution in [1.29, 1.82) is 0 Å². The highest BCUT2D eigenvalue weighted by molar-refractivity contribution is 5.91. The fourth-order valence-electron chi connectivity index (χ4n) is 2.10. The SMILES string of the molecule is O=C(NO[C@H]1CCCCO1)c1cc(-c2ccccc2)no1. The van der Waals surface area contributed by atoms with Gasteiger partial charge in [0.15, 0.2) is 6.29 Å². The van der Waals surface area contributed by atoms with Crippen molar-refractivity contribution in [3.8, 4) is 11.3 Å². The molecule has 0 radical (unpaired) electrons. The summed E-state index contributed by atoms with van der Waals surface area (Å²) >= 11 is 0. The second kappa shape index (κ2) is 6.51. The minimum Gasteiger partial charge on any atom is -0.350 e. The van der Waals surface area contributed by atoms with Gasteiger partial charge in [0.05, 0.1) is 0 Å². The molecule has 1 aliphatic heterocycles. The molecule has 1 atom stereocenters. The molecule has 2 heterocycles. The lowest BCUT2D eigenvalue weighted by Crippen LogP contribution is -2.32. The molecule has 1 aromatic heterocycles. The Balaban J connectivity index is 1.59. The van der Waals surface area contributed by atoms with Crippen molar-refractivity contribution < 1.29 is 18.9 Å². The molecule has 6 nitrogen and oxygen atoms in total. The van der Waals surface area contributed by atoms with Gasteiger partial charge in [-0.15, -0.1) is 0 Å². The molecule has 1 saturated heterocycles. The van der Waals surface area contributed by atoms with Crippen molar-refractivity contribution in [2.75, 3.05) is 6.61 Å². The van der Waals surface area contributed by atoms with Crippen LogP contribution in [0.25, 0.3) is 11.3 Å². The number of rotatable bonds is 4. The van der Waals surface area contributed by atoms with Crippen LogP contribution >= 0.6 is 0 Å². The lowest BCUT2D eigenvalue weighted by atomic mass is 10.1. The number of ether oxygens (including phenoxy) is 1. The van der Waals surface area contributed by atoms with Crippen LogP contribution in [0.5, 0.6) is 0 Å². The van der Waals surface area contributed by atoms with Gasteiger partial charge in [-0.1, -0.05) is 35.5 Å². The number of hydrogen-bond acceptors (Lipinski definition) is 5. The lowest BCUT2D eigenvalue weighted by Gasteiger charge is -2.21. The smallest absolute Gasteiger partial charge is 0.313 e. The van der Waals surface area contributed by atoms with Crippen LogP contribution in [0.15, 0.2) is 40.9 Å². The molecule has 110 valence electrons. The summed E-state index contributed by atoms with van der Waals surface area (Å²) in [5, 5.41) is 3.88. The lowest BCUT2D eigenvalue weighted by molar-refractivity contribution is -0.187. The number of aromatic nitrogens is 1. The highest BCUT2D eigenvalue weighted by Gasteiger charge is 2.18. The first-order chi connectivity index (χ1) is 10.3. The van der Waals surface area contributed by atoms with Crippen LogP contribution in [0.2, 0.25) is 0 Å². The van der Waals surface area contributed by atoms with E-state index in [1.165, 1.54) is 0 Å². The summed E-state index contributed by atoms with van der Waals surface area (Å²) in [6.07, 6.45) is 2.43. The molecule has 0 aliphatic carbocycles. The van der Waals surface area contributed by atoms with Gasteiger partial charge in [0.2, 0.25) is 5.76 Å². The highest BCUT2D eigenvalue weighted by atomic mass is 16.8. The first-order valence-electron chi connectivity index (χ1n) is 6.92. The zero-order valence-corrected chi connectivity index (χ0v) is 11.5. The number of hydrogen-bond donors (Lipinski definition) is 1. The van der Waals surface area contributed by atoms with E-state index >= 15 is 0 Å². The number of benzene rings is 1. The van der Waals surface area contributed by atoms with Gasteiger partial charge < -0.3 is 9.26 Å². The van der Waals surface area contributed by atoms with Crippen LogP contribution < -0.4 is 5.48 Å². The maximum absolute atomic E-state index is 11.9. The summed E-state index contributed by atoms with van der Waals surface area (Å²) < 4.78 is 10.4. The van der Waals surface area contributed by atoms with Crippen LogP contribution in [-0.4, -0.2) is 24.0 Å². The highest BCUT2D eigenvalue weighted by Crippen LogP contribution is 2.18. The monoisotopic (exact) mass is 288 g/mol. The molecule has 1 fully saturated rings. The van der Waals surface area contributed by atoms with Gasteiger partial charge in [-0.2, -0.15) is 0 Å². The molecular formula is C15H16N2O4. The van der Waals surface area contributed by atoms with E-state index in [4.69, 9.17) is 14.1 Å². The third kappa shape index (κ3) is 3.48. The van der Waals surface area contributed by atoms with Gasteiger partial charge in [0, 0.05) is 24.7 Å². The standard InChI is InChI=1S/C15H16N2O4/c18-15(17-21-14-8-4-5-9-19-14)13-10-12(16-20-13)11-6-2-1-3-7-11/h1-3,6-7,10,14H,4-5,8-9H2,(H,17,18)/t14-/m0/s1. The van der Waals surface area contributed by atoms with E-state index in [0.717, 1.165) is 24.8 Å². The first-order valence-corrected chi connectivity index (χ1v) is 6.92. The number of carbonyl (C=O) groups excluding carboxylic acids is 1. The summed E-state index contributed by atoms with van der Waals surface area (Å²) in [5.41, 5.74) is 3.83. The molecule has 1 N–H and O–H groups in total. The second-order valence-corrected chi connectivity index (χ2v) is 4.79. The van der Waals surface area contributed by atoms with E-state index in [9.17, 15) is 4.79 Å². The summed E-state index contributed by atoms with van der Waals surface area (Å²) in [6, 6.07) is 11.1. The van der Waals surface area contributed by atoms with Crippen LogP contribution in [0.3, 0.4) is 0 Å². The summed E-state index contributed by atoms with van der Waals surface area (Å²) in [7, 11) is 0. The number of nitrogens with zero attached hydrogens (tertiary/aromatic N) is 1. The van der Waals surface area contributed by atoms with Gasteiger partial charge in [0.1, 0.15) is 5.69 Å². The Kier molecular flexibility index (Phi) is 4.28. The van der Waals surface area contributed by atoms with E-state index in [0.29, 0.717) is 12.3 Å². The van der Waals surface area contributed by atoms with Crippen LogP contribution in [0.4, 0.5) is 0 Å². The zero-order chi connectivity index (χ0) is 14.5. The fraction of sp³-hybridized carbons (Fsp3) is 0.333. The molecule has 3 rings (SSSR count). The van der Waals surface area contributed by atoms with Gasteiger partial charge in [0.25, 0.3) is 0 Å². The van der Waals surface area contributed by atoms with Crippen LogP contribution in [0.1, 0.15) is 29.8 Å². The van der Waals surface area contributed by atoms with E-state index in [1.54, 1.807) is 6.07 Å². The van der Waals surface area contributed by atoms with Crippen molar-refractivity contribution in [3.05, 3.63) is 42.2 Å². The number of hydroxylamine groups is 1. The average molecular weight is 288 g/mol.